The summed E-state index contributed by atoms with van der Waals surface area (Å²) in [5, 5.41) is 4.83. The predicted octanol–water partition coefficient (Wildman–Crippen LogP) is 4.26. The number of fused-ring (bicyclic) bond motifs is 2. The largest absolute Gasteiger partial charge is 0.346 e. The Morgan fingerprint density at radius 3 is 2.71 bits per heavy atom. The Morgan fingerprint density at radius 2 is 1.91 bits per heavy atom. The Kier molecular flexibility index (Phi) is 5.14. The fourth-order valence-corrected chi connectivity index (χ4v) is 5.28. The molecule has 172 valence electrons. The number of carbonyl (C=O) groups excluding carboxylic acids is 1. The van der Waals surface area contributed by atoms with Crippen LogP contribution in [0.25, 0.3) is 22.2 Å². The number of hydrogen-bond donors (Lipinski definition) is 2. The topological polar surface area (TPSA) is 86.8 Å². The van der Waals surface area contributed by atoms with Gasteiger partial charge in [-0.15, -0.1) is 0 Å². The predicted molar refractivity (Wildman–Crippen MR) is 131 cm³/mol. The molecule has 1 fully saturated rings. The molecule has 0 bridgehead atoms. The van der Waals surface area contributed by atoms with Gasteiger partial charge in [-0.3, -0.25) is 4.79 Å². The van der Waals surface area contributed by atoms with Gasteiger partial charge in [0.05, 0.1) is 5.56 Å². The van der Waals surface area contributed by atoms with Crippen molar-refractivity contribution in [2.75, 3.05) is 13.1 Å². The molecule has 7 heteroatoms. The van der Waals surface area contributed by atoms with Gasteiger partial charge in [-0.2, -0.15) is 0 Å². The van der Waals surface area contributed by atoms with Crippen LogP contribution < -0.4 is 5.32 Å². The zero-order chi connectivity index (χ0) is 23.2. The van der Waals surface area contributed by atoms with Crippen LogP contribution in [0.3, 0.4) is 0 Å². The highest BCUT2D eigenvalue weighted by Gasteiger charge is 2.28. The lowest BCUT2D eigenvalue weighted by molar-refractivity contribution is 0.0733. The van der Waals surface area contributed by atoms with Gasteiger partial charge in [0.2, 0.25) is 0 Å². The Morgan fingerprint density at radius 1 is 1.06 bits per heavy atom. The van der Waals surface area contributed by atoms with Gasteiger partial charge in [0, 0.05) is 54.9 Å². The fraction of sp³-hybridized carbons (Fsp3) is 0.333. The summed E-state index contributed by atoms with van der Waals surface area (Å²) in [4.78, 5) is 31.4. The number of nitrogens with one attached hydrogen (secondary N) is 2. The molecule has 1 amide bonds. The van der Waals surface area contributed by atoms with Gasteiger partial charge in [-0.25, -0.2) is 15.0 Å². The number of rotatable bonds is 3. The van der Waals surface area contributed by atoms with Crippen LogP contribution in [-0.2, 0) is 13.0 Å². The minimum atomic E-state index is -0.00218. The van der Waals surface area contributed by atoms with Crippen molar-refractivity contribution in [3.05, 3.63) is 76.6 Å². The van der Waals surface area contributed by atoms with Crippen LogP contribution in [0, 0.1) is 13.8 Å². The van der Waals surface area contributed by atoms with E-state index >= 15 is 0 Å². The first-order chi connectivity index (χ1) is 16.6. The van der Waals surface area contributed by atoms with E-state index in [2.05, 4.69) is 50.4 Å². The van der Waals surface area contributed by atoms with E-state index in [9.17, 15) is 4.79 Å². The van der Waals surface area contributed by atoms with Crippen LogP contribution in [0.1, 0.15) is 57.3 Å². The van der Waals surface area contributed by atoms with Crippen LogP contribution in [-0.4, -0.2) is 43.8 Å². The highest BCUT2D eigenvalue weighted by atomic mass is 16.2. The molecule has 0 aliphatic carbocycles. The van der Waals surface area contributed by atoms with E-state index in [1.165, 1.54) is 34.2 Å². The number of H-pyrrole nitrogens is 1. The number of amides is 1. The molecular weight excluding hydrogens is 424 g/mol. The van der Waals surface area contributed by atoms with Crippen molar-refractivity contribution in [3.63, 3.8) is 0 Å². The minimum Gasteiger partial charge on any atom is -0.346 e. The van der Waals surface area contributed by atoms with E-state index in [-0.39, 0.29) is 5.91 Å². The summed E-state index contributed by atoms with van der Waals surface area (Å²) in [6.45, 7) is 6.27. The molecule has 2 aliphatic rings. The second kappa shape index (κ2) is 8.33. The van der Waals surface area contributed by atoms with Gasteiger partial charge >= 0.3 is 0 Å². The van der Waals surface area contributed by atoms with E-state index < -0.39 is 0 Å². The minimum absolute atomic E-state index is 0.00218. The van der Waals surface area contributed by atoms with E-state index in [1.807, 2.05) is 24.2 Å². The molecule has 1 atom stereocenters. The summed E-state index contributed by atoms with van der Waals surface area (Å²) < 4.78 is 0. The normalized spacial score (nSPS) is 17.8. The van der Waals surface area contributed by atoms with Crippen molar-refractivity contribution < 1.29 is 4.79 Å². The maximum Gasteiger partial charge on any atom is 0.257 e. The number of pyridine rings is 1. The molecule has 2 aliphatic heterocycles. The molecule has 3 aromatic heterocycles. The summed E-state index contributed by atoms with van der Waals surface area (Å²) in [7, 11) is 0. The van der Waals surface area contributed by atoms with Crippen LogP contribution in [0.2, 0.25) is 0 Å². The van der Waals surface area contributed by atoms with Crippen molar-refractivity contribution in [2.24, 2.45) is 0 Å². The first kappa shape index (κ1) is 21.0. The highest BCUT2D eigenvalue weighted by molar-refractivity contribution is 5.94. The van der Waals surface area contributed by atoms with Gasteiger partial charge in [0.15, 0.2) is 0 Å². The van der Waals surface area contributed by atoms with Crippen LogP contribution in [0.15, 0.2) is 43.0 Å². The SMILES string of the molecule is Cc1ncc(C(=O)N2CCc3cc(-c4cnc5[nH]cc(C)c5c4)cc([C@@H]4CCCN4)c3C2)cn1. The van der Waals surface area contributed by atoms with Crippen molar-refractivity contribution in [1.29, 1.82) is 0 Å². The fourth-order valence-electron chi connectivity index (χ4n) is 5.28. The monoisotopic (exact) mass is 452 g/mol. The summed E-state index contributed by atoms with van der Waals surface area (Å²) in [5.74, 6) is 0.669. The molecule has 34 heavy (non-hydrogen) atoms. The summed E-state index contributed by atoms with van der Waals surface area (Å²) in [6, 6.07) is 7.17. The van der Waals surface area contributed by atoms with E-state index in [4.69, 9.17) is 0 Å². The van der Waals surface area contributed by atoms with Crippen molar-refractivity contribution >= 4 is 16.9 Å². The molecule has 0 spiro atoms. The molecule has 0 radical (unpaired) electrons. The van der Waals surface area contributed by atoms with Gasteiger partial charge in [-0.05, 0) is 79.6 Å². The van der Waals surface area contributed by atoms with Crippen molar-refractivity contribution in [2.45, 2.75) is 45.7 Å². The van der Waals surface area contributed by atoms with Gasteiger partial charge in [0.1, 0.15) is 11.5 Å². The first-order valence-corrected chi connectivity index (χ1v) is 12.0. The Balaban J connectivity index is 1.39. The number of aromatic nitrogens is 4. The number of aryl methyl sites for hydroxylation is 2. The lowest BCUT2D eigenvalue weighted by Gasteiger charge is -2.32. The number of nitrogens with zero attached hydrogens (tertiary/aromatic N) is 4. The van der Waals surface area contributed by atoms with E-state index in [0.717, 1.165) is 36.0 Å². The molecule has 1 saturated heterocycles. The molecule has 0 unspecified atom stereocenters. The number of carbonyl (C=O) groups is 1. The number of aromatic amines is 1. The first-order valence-electron chi connectivity index (χ1n) is 12.0. The van der Waals surface area contributed by atoms with Crippen molar-refractivity contribution in [1.82, 2.24) is 30.2 Å². The lowest BCUT2D eigenvalue weighted by atomic mass is 9.87. The molecule has 0 saturated carbocycles. The Bertz CT molecular complexity index is 1380. The van der Waals surface area contributed by atoms with Crippen LogP contribution >= 0.6 is 0 Å². The van der Waals surface area contributed by atoms with E-state index in [0.29, 0.717) is 30.5 Å². The van der Waals surface area contributed by atoms with Gasteiger partial charge in [0.25, 0.3) is 5.91 Å². The second-order valence-corrected chi connectivity index (χ2v) is 9.44. The van der Waals surface area contributed by atoms with E-state index in [1.54, 1.807) is 12.4 Å². The van der Waals surface area contributed by atoms with Gasteiger partial charge < -0.3 is 15.2 Å². The van der Waals surface area contributed by atoms with Crippen LogP contribution in [0.5, 0.6) is 0 Å². The summed E-state index contributed by atoms with van der Waals surface area (Å²) in [6.07, 6.45) is 10.4. The molecule has 7 nitrogen and oxygen atoms in total. The summed E-state index contributed by atoms with van der Waals surface area (Å²) in [5.41, 5.74) is 8.93. The zero-order valence-corrected chi connectivity index (χ0v) is 19.6. The third-order valence-electron chi connectivity index (χ3n) is 7.20. The molecule has 6 rings (SSSR count). The highest BCUT2D eigenvalue weighted by Crippen LogP contribution is 2.36. The zero-order valence-electron chi connectivity index (χ0n) is 19.6. The van der Waals surface area contributed by atoms with Crippen molar-refractivity contribution in [3.8, 4) is 11.1 Å². The third kappa shape index (κ3) is 3.66. The standard InChI is InChI=1S/C27H28N6O/c1-16-11-31-26-22(16)10-20(12-32-26)19-8-18-5-7-33(27(34)21-13-29-17(2)30-14-21)15-24(18)23(9-19)25-4-3-6-28-25/h8-14,25,28H,3-7,15H2,1-2H3,(H,31,32)/t25-/m0/s1. The number of benzene rings is 1. The Hall–Kier alpha value is -3.58. The average Bonchev–Trinajstić information content (AvgIpc) is 3.53. The summed E-state index contributed by atoms with van der Waals surface area (Å²) >= 11 is 0. The van der Waals surface area contributed by atoms with Crippen LogP contribution in [0.4, 0.5) is 0 Å². The molecule has 2 N–H and O–H groups in total. The second-order valence-electron chi connectivity index (χ2n) is 9.44. The lowest BCUT2D eigenvalue weighted by Crippen LogP contribution is -2.37. The maximum absolute atomic E-state index is 13.2. The quantitative estimate of drug-likeness (QED) is 0.485. The number of hydrogen-bond acceptors (Lipinski definition) is 5. The molecular formula is C27H28N6O. The average molecular weight is 453 g/mol. The molecule has 4 aromatic rings. The smallest absolute Gasteiger partial charge is 0.257 e. The van der Waals surface area contributed by atoms with Gasteiger partial charge in [-0.1, -0.05) is 6.07 Å². The molecule has 5 heterocycles. The maximum atomic E-state index is 13.2. The third-order valence-corrected chi connectivity index (χ3v) is 7.20. The molecule has 1 aromatic carbocycles. The Labute approximate surface area is 198 Å².